The lowest BCUT2D eigenvalue weighted by atomic mass is 10.0. The zero-order valence-electron chi connectivity index (χ0n) is 27.4. The molecule has 4 aromatic carbocycles. The molecule has 50 heavy (non-hydrogen) atoms. The number of sulfone groups is 1. The Morgan fingerprint density at radius 1 is 1.00 bits per heavy atom. The van der Waals surface area contributed by atoms with E-state index in [0.717, 1.165) is 22.4 Å². The summed E-state index contributed by atoms with van der Waals surface area (Å²) in [5, 5.41) is 9.55. The van der Waals surface area contributed by atoms with Gasteiger partial charge in [-0.15, -0.1) is 0 Å². The van der Waals surface area contributed by atoms with Crippen LogP contribution in [0.4, 0.5) is 10.1 Å². The molecular formula is C38H35ClFN5O4S. The van der Waals surface area contributed by atoms with Gasteiger partial charge in [0.1, 0.15) is 34.1 Å². The second-order valence-corrected chi connectivity index (χ2v) is 15.1. The van der Waals surface area contributed by atoms with Gasteiger partial charge >= 0.3 is 0 Å². The van der Waals surface area contributed by atoms with Crippen molar-refractivity contribution in [2.75, 3.05) is 30.0 Å². The number of carbonyl (C=O) groups excluding carboxylic acids is 1. The van der Waals surface area contributed by atoms with Crippen LogP contribution in [0.1, 0.15) is 28.8 Å². The van der Waals surface area contributed by atoms with Gasteiger partial charge in [0.15, 0.2) is 0 Å². The van der Waals surface area contributed by atoms with Crippen molar-refractivity contribution in [3.63, 3.8) is 0 Å². The SMILES string of the molecule is CS(=O)(=O)CC[C@H]1CN(c2cc(Cl)ccc2-c2cccc(OCc3ccccc3)c2)C(=O)CN1Cc1cncn1Cc1ccc(C#N)c(F)c1. The number of benzene rings is 4. The van der Waals surface area contributed by atoms with Crippen LogP contribution in [0.5, 0.6) is 5.75 Å². The highest BCUT2D eigenvalue weighted by Crippen LogP contribution is 2.37. The van der Waals surface area contributed by atoms with E-state index in [1.54, 1.807) is 35.6 Å². The van der Waals surface area contributed by atoms with Crippen LogP contribution in [0.2, 0.25) is 5.02 Å². The van der Waals surface area contributed by atoms with Crippen LogP contribution >= 0.6 is 11.6 Å². The molecule has 12 heteroatoms. The minimum absolute atomic E-state index is 0.0251. The third kappa shape index (κ3) is 8.58. The van der Waals surface area contributed by atoms with E-state index in [9.17, 15) is 17.6 Å². The van der Waals surface area contributed by atoms with E-state index in [4.69, 9.17) is 21.6 Å². The fraction of sp³-hybridized carbons (Fsp3) is 0.237. The Bertz CT molecular complexity index is 2150. The first-order valence-electron chi connectivity index (χ1n) is 16.0. The molecule has 9 nitrogen and oxygen atoms in total. The van der Waals surface area contributed by atoms with Crippen LogP contribution in [0.25, 0.3) is 11.1 Å². The maximum absolute atomic E-state index is 14.3. The zero-order chi connectivity index (χ0) is 35.3. The third-order valence-corrected chi connectivity index (χ3v) is 9.90. The van der Waals surface area contributed by atoms with E-state index < -0.39 is 15.7 Å². The number of carbonyl (C=O) groups is 1. The Kier molecular flexibility index (Phi) is 10.6. The Morgan fingerprint density at radius 3 is 2.58 bits per heavy atom. The maximum atomic E-state index is 14.3. The second kappa shape index (κ2) is 15.3. The van der Waals surface area contributed by atoms with Crippen LogP contribution in [0.3, 0.4) is 0 Å². The van der Waals surface area contributed by atoms with E-state index in [1.165, 1.54) is 18.4 Å². The van der Waals surface area contributed by atoms with E-state index in [0.29, 0.717) is 48.1 Å². The van der Waals surface area contributed by atoms with Crippen molar-refractivity contribution < 1.29 is 22.3 Å². The number of halogens is 2. The zero-order valence-corrected chi connectivity index (χ0v) is 28.9. The molecule has 0 saturated carbocycles. The van der Waals surface area contributed by atoms with Crippen LogP contribution in [-0.2, 0) is 34.3 Å². The lowest BCUT2D eigenvalue weighted by Crippen LogP contribution is -2.56. The Balaban J connectivity index is 1.25. The van der Waals surface area contributed by atoms with Gasteiger partial charge in [0, 0.05) is 48.7 Å². The van der Waals surface area contributed by atoms with Crippen molar-refractivity contribution in [2.24, 2.45) is 0 Å². The number of piperazine rings is 1. The van der Waals surface area contributed by atoms with Gasteiger partial charge in [-0.25, -0.2) is 17.8 Å². The summed E-state index contributed by atoms with van der Waals surface area (Å²) in [7, 11) is -3.29. The van der Waals surface area contributed by atoms with Crippen LogP contribution < -0.4 is 9.64 Å². The molecule has 0 aliphatic carbocycles. The molecular weight excluding hydrogens is 677 g/mol. The summed E-state index contributed by atoms with van der Waals surface area (Å²) in [6, 6.07) is 28.9. The third-order valence-electron chi connectivity index (χ3n) is 8.69. The van der Waals surface area contributed by atoms with Crippen LogP contribution in [0, 0.1) is 17.1 Å². The number of ether oxygens (including phenoxy) is 1. The van der Waals surface area contributed by atoms with Crippen molar-refractivity contribution >= 4 is 33.0 Å². The number of anilines is 1. The van der Waals surface area contributed by atoms with Crippen molar-refractivity contribution in [3.05, 3.63) is 137 Å². The number of aromatic nitrogens is 2. The summed E-state index contributed by atoms with van der Waals surface area (Å²) in [6.07, 6.45) is 4.82. The van der Waals surface area contributed by atoms with Gasteiger partial charge in [0.25, 0.3) is 0 Å². The second-order valence-electron chi connectivity index (χ2n) is 12.4. The number of rotatable bonds is 12. The molecule has 1 atom stereocenters. The molecule has 0 unspecified atom stereocenters. The molecule has 1 aliphatic rings. The smallest absolute Gasteiger partial charge is 0.241 e. The van der Waals surface area contributed by atoms with E-state index in [2.05, 4.69) is 4.98 Å². The van der Waals surface area contributed by atoms with Gasteiger partial charge in [0.2, 0.25) is 5.91 Å². The first-order valence-corrected chi connectivity index (χ1v) is 18.5. The fourth-order valence-electron chi connectivity index (χ4n) is 6.10. The number of hydrogen-bond acceptors (Lipinski definition) is 7. The van der Waals surface area contributed by atoms with E-state index in [1.807, 2.05) is 76.2 Å². The molecule has 0 bridgehead atoms. The van der Waals surface area contributed by atoms with Crippen LogP contribution in [-0.4, -0.2) is 59.9 Å². The fourth-order valence-corrected chi connectivity index (χ4v) is 6.97. The summed E-state index contributed by atoms with van der Waals surface area (Å²) < 4.78 is 46.9. The molecule has 1 fully saturated rings. The van der Waals surface area contributed by atoms with Gasteiger partial charge < -0.3 is 14.2 Å². The molecule has 0 radical (unpaired) electrons. The summed E-state index contributed by atoms with van der Waals surface area (Å²) in [4.78, 5) is 21.9. The molecule has 256 valence electrons. The molecule has 1 amide bonds. The molecule has 2 heterocycles. The van der Waals surface area contributed by atoms with Crippen molar-refractivity contribution in [1.82, 2.24) is 14.5 Å². The highest BCUT2D eigenvalue weighted by molar-refractivity contribution is 7.90. The average molecular weight is 712 g/mol. The number of imidazole rings is 1. The Labute approximate surface area is 296 Å². The van der Waals surface area contributed by atoms with Crippen molar-refractivity contribution in [1.29, 1.82) is 5.26 Å². The number of nitriles is 1. The van der Waals surface area contributed by atoms with Gasteiger partial charge in [-0.2, -0.15) is 5.26 Å². The first-order chi connectivity index (χ1) is 24.1. The van der Waals surface area contributed by atoms with E-state index >= 15 is 0 Å². The van der Waals surface area contributed by atoms with Crippen LogP contribution in [0.15, 0.2) is 104 Å². The number of amides is 1. The summed E-state index contributed by atoms with van der Waals surface area (Å²) >= 11 is 6.51. The number of nitrogens with zero attached hydrogens (tertiary/aromatic N) is 5. The lowest BCUT2D eigenvalue weighted by Gasteiger charge is -2.41. The quantitative estimate of drug-likeness (QED) is 0.146. The highest BCUT2D eigenvalue weighted by Gasteiger charge is 2.35. The topological polar surface area (TPSA) is 109 Å². The minimum atomic E-state index is -3.29. The summed E-state index contributed by atoms with van der Waals surface area (Å²) in [6.45, 7) is 1.29. The molecule has 1 aromatic heterocycles. The Morgan fingerprint density at radius 2 is 1.82 bits per heavy atom. The molecule has 0 N–H and O–H groups in total. The van der Waals surface area contributed by atoms with Gasteiger partial charge in [-0.1, -0.05) is 66.2 Å². The summed E-state index contributed by atoms with van der Waals surface area (Å²) in [5.41, 5.74) is 4.69. The molecule has 1 aliphatic heterocycles. The van der Waals surface area contributed by atoms with Crippen molar-refractivity contribution in [3.8, 4) is 22.9 Å². The number of hydrogen-bond donors (Lipinski definition) is 0. The summed E-state index contributed by atoms with van der Waals surface area (Å²) in [5.74, 6) is -0.139. The predicted molar refractivity (Wildman–Crippen MR) is 191 cm³/mol. The van der Waals surface area contributed by atoms with Gasteiger partial charge in [-0.05, 0) is 59.5 Å². The normalized spacial score (nSPS) is 15.2. The lowest BCUT2D eigenvalue weighted by molar-refractivity contribution is -0.122. The molecule has 6 rings (SSSR count). The molecule has 1 saturated heterocycles. The largest absolute Gasteiger partial charge is 0.489 e. The maximum Gasteiger partial charge on any atom is 0.241 e. The standard InChI is InChI=1S/C38H35ClFN5O4S/c1-50(47,48)15-14-32-23-45(38(46)24-43(32)22-33-20-42-26-44(33)21-28-10-11-30(19-41)36(40)16-28)37-18-31(39)12-13-35(37)29-8-5-9-34(17-29)49-25-27-6-3-2-4-7-27/h2-13,16-18,20,26,32H,14-15,21-25H2,1H3/t32-/m0/s1. The van der Waals surface area contributed by atoms with Gasteiger partial charge in [-0.3, -0.25) is 9.69 Å². The van der Waals surface area contributed by atoms with E-state index in [-0.39, 0.29) is 36.4 Å². The molecule has 5 aromatic rings. The molecule has 0 spiro atoms. The monoisotopic (exact) mass is 711 g/mol. The van der Waals surface area contributed by atoms with Crippen molar-refractivity contribution in [2.45, 2.75) is 32.2 Å². The average Bonchev–Trinajstić information content (AvgIpc) is 3.53. The first kappa shape index (κ1) is 34.8. The van der Waals surface area contributed by atoms with Gasteiger partial charge in [0.05, 0.1) is 35.6 Å². The highest BCUT2D eigenvalue weighted by atomic mass is 35.5. The predicted octanol–water partition coefficient (Wildman–Crippen LogP) is 6.49. The Hall–Kier alpha value is -5.02. The minimum Gasteiger partial charge on any atom is -0.489 e.